The standard InChI is InChI=1S/C8H10ClN5O2S2/c9-7-3-6(5-17-7)4-8-11-12-13-14(8)1-2-18(10,15)16/h3,5H,1-2,4H2,(H2,10,15,16). The summed E-state index contributed by atoms with van der Waals surface area (Å²) in [7, 11) is -3.52. The number of sulfonamides is 1. The van der Waals surface area contributed by atoms with Crippen molar-refractivity contribution in [3.8, 4) is 0 Å². The number of hydrogen-bond donors (Lipinski definition) is 1. The number of rotatable bonds is 5. The summed E-state index contributed by atoms with van der Waals surface area (Å²) in [5, 5.41) is 17.9. The highest BCUT2D eigenvalue weighted by Crippen LogP contribution is 2.21. The zero-order valence-corrected chi connectivity index (χ0v) is 11.5. The van der Waals surface area contributed by atoms with Gasteiger partial charge in [-0.3, -0.25) is 0 Å². The first-order chi connectivity index (χ1) is 8.44. The molecule has 2 aromatic heterocycles. The molecule has 2 rings (SSSR count). The van der Waals surface area contributed by atoms with E-state index in [0.29, 0.717) is 16.6 Å². The lowest BCUT2D eigenvalue weighted by Gasteiger charge is -2.02. The van der Waals surface area contributed by atoms with E-state index in [0.717, 1.165) is 5.56 Å². The molecule has 0 fully saturated rings. The Morgan fingerprint density at radius 2 is 2.28 bits per heavy atom. The van der Waals surface area contributed by atoms with E-state index in [2.05, 4.69) is 15.5 Å². The Morgan fingerprint density at radius 3 is 2.89 bits per heavy atom. The highest BCUT2D eigenvalue weighted by Gasteiger charge is 2.11. The molecule has 2 heterocycles. The fourth-order valence-electron chi connectivity index (χ4n) is 1.36. The van der Waals surface area contributed by atoms with Gasteiger partial charge in [-0.15, -0.1) is 16.4 Å². The molecule has 0 saturated carbocycles. The minimum Gasteiger partial charge on any atom is -0.229 e. The smallest absolute Gasteiger partial charge is 0.210 e. The zero-order valence-electron chi connectivity index (χ0n) is 9.15. The van der Waals surface area contributed by atoms with Crippen molar-refractivity contribution in [3.63, 3.8) is 0 Å². The largest absolute Gasteiger partial charge is 0.229 e. The van der Waals surface area contributed by atoms with Gasteiger partial charge in [-0.05, 0) is 27.4 Å². The molecule has 0 aliphatic heterocycles. The maximum atomic E-state index is 10.9. The predicted molar refractivity (Wildman–Crippen MR) is 67.9 cm³/mol. The Labute approximate surface area is 113 Å². The number of tetrazole rings is 1. The van der Waals surface area contributed by atoms with Crippen molar-refractivity contribution in [2.75, 3.05) is 5.75 Å². The maximum Gasteiger partial charge on any atom is 0.210 e. The normalized spacial score (nSPS) is 11.9. The van der Waals surface area contributed by atoms with Gasteiger partial charge in [-0.1, -0.05) is 11.6 Å². The summed E-state index contributed by atoms with van der Waals surface area (Å²) in [6.45, 7) is 0.138. The van der Waals surface area contributed by atoms with Crippen LogP contribution in [-0.2, 0) is 23.0 Å². The van der Waals surface area contributed by atoms with Crippen LogP contribution in [0.25, 0.3) is 0 Å². The van der Waals surface area contributed by atoms with Crippen LogP contribution in [0.2, 0.25) is 4.34 Å². The van der Waals surface area contributed by atoms with Crippen LogP contribution in [0.3, 0.4) is 0 Å². The summed E-state index contributed by atoms with van der Waals surface area (Å²) in [5.74, 6) is 0.378. The molecule has 0 unspecified atom stereocenters. The van der Waals surface area contributed by atoms with Crippen molar-refractivity contribution in [2.45, 2.75) is 13.0 Å². The first-order valence-electron chi connectivity index (χ1n) is 4.92. The van der Waals surface area contributed by atoms with Gasteiger partial charge in [0.2, 0.25) is 10.0 Å². The van der Waals surface area contributed by atoms with Crippen molar-refractivity contribution in [2.24, 2.45) is 5.14 Å². The molecular formula is C8H10ClN5O2S2. The molecule has 2 aromatic rings. The quantitative estimate of drug-likeness (QED) is 0.853. The Hall–Kier alpha value is -1.03. The molecule has 10 heteroatoms. The molecule has 18 heavy (non-hydrogen) atoms. The van der Waals surface area contributed by atoms with Gasteiger partial charge in [-0.25, -0.2) is 18.2 Å². The molecule has 0 spiro atoms. The molecule has 0 aromatic carbocycles. The molecule has 2 N–H and O–H groups in total. The number of nitrogens with two attached hydrogens (primary N) is 1. The second-order valence-electron chi connectivity index (χ2n) is 3.62. The average Bonchev–Trinajstić information content (AvgIpc) is 2.85. The van der Waals surface area contributed by atoms with Crippen molar-refractivity contribution >= 4 is 33.0 Å². The summed E-state index contributed by atoms with van der Waals surface area (Å²) in [4.78, 5) is 0. The van der Waals surface area contributed by atoms with Gasteiger partial charge in [0, 0.05) is 6.42 Å². The lowest BCUT2D eigenvalue weighted by molar-refractivity contribution is 0.569. The van der Waals surface area contributed by atoms with Crippen LogP contribution in [0, 0.1) is 0 Å². The van der Waals surface area contributed by atoms with Gasteiger partial charge in [-0.2, -0.15) is 0 Å². The van der Waals surface area contributed by atoms with Gasteiger partial charge < -0.3 is 0 Å². The number of hydrogen-bond acceptors (Lipinski definition) is 6. The minimum absolute atomic E-state index is 0.138. The summed E-state index contributed by atoms with van der Waals surface area (Å²) in [6, 6.07) is 1.82. The van der Waals surface area contributed by atoms with Gasteiger partial charge >= 0.3 is 0 Å². The summed E-state index contributed by atoms with van der Waals surface area (Å²) < 4.78 is 23.9. The lowest BCUT2D eigenvalue weighted by atomic mass is 10.2. The molecule has 0 bridgehead atoms. The van der Waals surface area contributed by atoms with Crippen molar-refractivity contribution in [1.29, 1.82) is 0 Å². The third-order valence-corrected chi connectivity index (χ3v) is 4.07. The Kier molecular flexibility index (Phi) is 3.95. The van der Waals surface area contributed by atoms with Crippen LogP contribution in [-0.4, -0.2) is 34.4 Å². The lowest BCUT2D eigenvalue weighted by Crippen LogP contribution is -2.22. The van der Waals surface area contributed by atoms with E-state index in [9.17, 15) is 8.42 Å². The number of aryl methyl sites for hydroxylation is 1. The molecule has 0 saturated heterocycles. The number of nitrogens with zero attached hydrogens (tertiary/aromatic N) is 4. The van der Waals surface area contributed by atoms with Crippen LogP contribution < -0.4 is 5.14 Å². The molecular weight excluding hydrogens is 298 g/mol. The molecule has 0 aliphatic carbocycles. The Bertz CT molecular complexity index is 635. The molecule has 0 atom stereocenters. The van der Waals surface area contributed by atoms with Crippen LogP contribution in [0.4, 0.5) is 0 Å². The SMILES string of the molecule is NS(=O)(=O)CCn1nnnc1Cc1csc(Cl)c1. The second-order valence-corrected chi connectivity index (χ2v) is 6.90. The average molecular weight is 308 g/mol. The van der Waals surface area contributed by atoms with E-state index in [4.69, 9.17) is 16.7 Å². The molecule has 0 aliphatic rings. The molecule has 7 nitrogen and oxygen atoms in total. The van der Waals surface area contributed by atoms with Gasteiger partial charge in [0.1, 0.15) is 0 Å². The fraction of sp³-hybridized carbons (Fsp3) is 0.375. The highest BCUT2D eigenvalue weighted by molar-refractivity contribution is 7.89. The first kappa shape index (κ1) is 13.4. The van der Waals surface area contributed by atoms with Crippen LogP contribution in [0.5, 0.6) is 0 Å². The summed E-state index contributed by atoms with van der Waals surface area (Å²) in [5.41, 5.74) is 0.983. The van der Waals surface area contributed by atoms with E-state index < -0.39 is 10.0 Å². The molecule has 0 radical (unpaired) electrons. The van der Waals surface area contributed by atoms with E-state index in [1.165, 1.54) is 16.0 Å². The van der Waals surface area contributed by atoms with Gasteiger partial charge in [0.25, 0.3) is 0 Å². The summed E-state index contributed by atoms with van der Waals surface area (Å²) >= 11 is 7.25. The van der Waals surface area contributed by atoms with Crippen LogP contribution >= 0.6 is 22.9 Å². The van der Waals surface area contributed by atoms with E-state index in [1.807, 2.05) is 11.4 Å². The van der Waals surface area contributed by atoms with E-state index >= 15 is 0 Å². The Morgan fingerprint density at radius 1 is 1.50 bits per heavy atom. The van der Waals surface area contributed by atoms with E-state index in [-0.39, 0.29) is 12.3 Å². The monoisotopic (exact) mass is 307 g/mol. The second kappa shape index (κ2) is 5.31. The number of primary sulfonamides is 1. The van der Waals surface area contributed by atoms with E-state index in [1.54, 1.807) is 0 Å². The van der Waals surface area contributed by atoms with Crippen molar-refractivity contribution in [3.05, 3.63) is 27.2 Å². The highest BCUT2D eigenvalue weighted by atomic mass is 35.5. The third-order valence-electron chi connectivity index (χ3n) is 2.18. The Balaban J connectivity index is 2.08. The van der Waals surface area contributed by atoms with Crippen molar-refractivity contribution in [1.82, 2.24) is 20.2 Å². The van der Waals surface area contributed by atoms with Crippen LogP contribution in [0.1, 0.15) is 11.4 Å². The topological polar surface area (TPSA) is 104 Å². The van der Waals surface area contributed by atoms with Gasteiger partial charge in [0.05, 0.1) is 16.6 Å². The van der Waals surface area contributed by atoms with Crippen LogP contribution in [0.15, 0.2) is 11.4 Å². The number of thiophene rings is 1. The first-order valence-corrected chi connectivity index (χ1v) is 7.90. The zero-order chi connectivity index (χ0) is 13.2. The number of aromatic nitrogens is 4. The predicted octanol–water partition coefficient (Wildman–Crippen LogP) is 0.267. The van der Waals surface area contributed by atoms with Gasteiger partial charge in [0.15, 0.2) is 5.82 Å². The molecule has 98 valence electrons. The minimum atomic E-state index is -3.52. The third kappa shape index (κ3) is 3.73. The summed E-state index contributed by atoms with van der Waals surface area (Å²) in [6.07, 6.45) is 0.501. The fourth-order valence-corrected chi connectivity index (χ4v) is 2.69. The number of halogens is 1. The maximum absolute atomic E-state index is 10.9. The van der Waals surface area contributed by atoms with Crippen molar-refractivity contribution < 1.29 is 8.42 Å². The molecule has 0 amide bonds.